The van der Waals surface area contributed by atoms with E-state index >= 15 is 0 Å². The predicted octanol–water partition coefficient (Wildman–Crippen LogP) is 4.07. The summed E-state index contributed by atoms with van der Waals surface area (Å²) in [4.78, 5) is 26.8. The van der Waals surface area contributed by atoms with E-state index in [4.69, 9.17) is 4.74 Å². The van der Waals surface area contributed by atoms with Gasteiger partial charge in [0.05, 0.1) is 18.7 Å². The largest absolute Gasteiger partial charge is 0.495 e. The molecule has 2 aromatic carbocycles. The number of para-hydroxylation sites is 2. The maximum absolute atomic E-state index is 12.7. The summed E-state index contributed by atoms with van der Waals surface area (Å²) in [6.45, 7) is 4.27. The first-order valence-corrected chi connectivity index (χ1v) is 9.21. The number of amides is 2. The Morgan fingerprint density at radius 1 is 1.23 bits per heavy atom. The van der Waals surface area contributed by atoms with E-state index in [9.17, 15) is 9.59 Å². The van der Waals surface area contributed by atoms with Crippen LogP contribution in [0.3, 0.4) is 0 Å². The fourth-order valence-electron chi connectivity index (χ4n) is 3.12. The number of nitrogens with one attached hydrogen (secondary N) is 1. The minimum atomic E-state index is -0.393. The Labute approximate surface area is 161 Å². The number of methoxy groups -OCH3 is 1. The van der Waals surface area contributed by atoms with Gasteiger partial charge in [0.1, 0.15) is 5.75 Å². The standard InChI is InChI=1S/C20H21BrN2O3/c1-12-9-16(13(2)8-15(12)21)22-20(25)14-10-19(24)23(11-14)17-6-4-5-7-18(17)26-3/h4-9,14H,10-11H2,1-3H3,(H,22,25)/t14-/m0/s1. The molecule has 0 radical (unpaired) electrons. The Kier molecular flexibility index (Phi) is 5.32. The smallest absolute Gasteiger partial charge is 0.229 e. The molecule has 0 unspecified atom stereocenters. The summed E-state index contributed by atoms with van der Waals surface area (Å²) in [6, 6.07) is 11.3. The summed E-state index contributed by atoms with van der Waals surface area (Å²) < 4.78 is 6.34. The van der Waals surface area contributed by atoms with Crippen LogP contribution in [0.25, 0.3) is 0 Å². The third-order valence-electron chi connectivity index (χ3n) is 4.64. The Hall–Kier alpha value is -2.34. The van der Waals surface area contributed by atoms with Crippen LogP contribution in [0.2, 0.25) is 0 Å². The van der Waals surface area contributed by atoms with E-state index in [2.05, 4.69) is 21.2 Å². The highest BCUT2D eigenvalue weighted by Crippen LogP contribution is 2.33. The molecule has 1 aliphatic heterocycles. The topological polar surface area (TPSA) is 58.6 Å². The molecule has 26 heavy (non-hydrogen) atoms. The first kappa shape index (κ1) is 18.5. The molecular formula is C20H21BrN2O3. The number of aryl methyl sites for hydroxylation is 2. The Bertz CT molecular complexity index is 866. The van der Waals surface area contributed by atoms with Crippen molar-refractivity contribution in [2.75, 3.05) is 23.9 Å². The molecule has 0 spiro atoms. The summed E-state index contributed by atoms with van der Waals surface area (Å²) in [5, 5.41) is 2.97. The molecule has 3 rings (SSSR count). The molecule has 1 saturated heterocycles. The number of carbonyl (C=O) groups is 2. The van der Waals surface area contributed by atoms with Gasteiger partial charge in [-0.15, -0.1) is 0 Å². The molecule has 136 valence electrons. The van der Waals surface area contributed by atoms with Crippen LogP contribution in [0.15, 0.2) is 40.9 Å². The number of rotatable bonds is 4. The molecule has 1 heterocycles. The lowest BCUT2D eigenvalue weighted by Gasteiger charge is -2.19. The van der Waals surface area contributed by atoms with Gasteiger partial charge in [0.2, 0.25) is 11.8 Å². The molecule has 1 aliphatic rings. The van der Waals surface area contributed by atoms with Crippen molar-refractivity contribution in [3.05, 3.63) is 52.0 Å². The minimum absolute atomic E-state index is 0.0710. The maximum atomic E-state index is 12.7. The fourth-order valence-corrected chi connectivity index (χ4v) is 3.58. The van der Waals surface area contributed by atoms with E-state index < -0.39 is 5.92 Å². The van der Waals surface area contributed by atoms with Crippen LogP contribution in [0.5, 0.6) is 5.75 Å². The number of anilines is 2. The molecular weight excluding hydrogens is 396 g/mol. The third kappa shape index (κ3) is 3.60. The summed E-state index contributed by atoms with van der Waals surface area (Å²) in [5.41, 5.74) is 3.50. The quantitative estimate of drug-likeness (QED) is 0.816. The zero-order valence-electron chi connectivity index (χ0n) is 15.0. The Morgan fingerprint density at radius 2 is 1.96 bits per heavy atom. The average Bonchev–Trinajstić information content (AvgIpc) is 3.01. The number of hydrogen-bond acceptors (Lipinski definition) is 3. The number of benzene rings is 2. The van der Waals surface area contributed by atoms with Gasteiger partial charge in [-0.2, -0.15) is 0 Å². The molecule has 6 heteroatoms. The normalized spacial score (nSPS) is 16.7. The monoisotopic (exact) mass is 416 g/mol. The molecule has 1 atom stereocenters. The molecule has 0 bridgehead atoms. The van der Waals surface area contributed by atoms with E-state index in [0.29, 0.717) is 18.0 Å². The summed E-state index contributed by atoms with van der Waals surface area (Å²) in [6.07, 6.45) is 0.193. The second-order valence-corrected chi connectivity index (χ2v) is 7.34. The maximum Gasteiger partial charge on any atom is 0.229 e. The van der Waals surface area contributed by atoms with Gasteiger partial charge >= 0.3 is 0 Å². The molecule has 1 N–H and O–H groups in total. The molecule has 0 aliphatic carbocycles. The predicted molar refractivity (Wildman–Crippen MR) is 106 cm³/mol. The summed E-state index contributed by atoms with van der Waals surface area (Å²) in [7, 11) is 1.57. The molecule has 0 saturated carbocycles. The molecule has 5 nitrogen and oxygen atoms in total. The van der Waals surface area contributed by atoms with Crippen LogP contribution in [0, 0.1) is 19.8 Å². The highest BCUT2D eigenvalue weighted by atomic mass is 79.9. The van der Waals surface area contributed by atoms with Gasteiger partial charge in [0.25, 0.3) is 0 Å². The van der Waals surface area contributed by atoms with Gasteiger partial charge in [-0.1, -0.05) is 28.1 Å². The first-order chi connectivity index (χ1) is 12.4. The van der Waals surface area contributed by atoms with Gasteiger partial charge in [0, 0.05) is 23.1 Å². The van der Waals surface area contributed by atoms with Crippen molar-refractivity contribution in [1.29, 1.82) is 0 Å². The van der Waals surface area contributed by atoms with Gasteiger partial charge in [0.15, 0.2) is 0 Å². The minimum Gasteiger partial charge on any atom is -0.495 e. The fraction of sp³-hybridized carbons (Fsp3) is 0.300. The van der Waals surface area contributed by atoms with Crippen molar-refractivity contribution < 1.29 is 14.3 Å². The third-order valence-corrected chi connectivity index (χ3v) is 5.49. The SMILES string of the molecule is COc1ccccc1N1C[C@@H](C(=O)Nc2cc(C)c(Br)cc2C)CC1=O. The number of carbonyl (C=O) groups excluding carboxylic acids is 2. The van der Waals surface area contributed by atoms with Crippen molar-refractivity contribution in [3.63, 3.8) is 0 Å². The molecule has 0 aromatic heterocycles. The highest BCUT2D eigenvalue weighted by molar-refractivity contribution is 9.10. The van der Waals surface area contributed by atoms with Crippen molar-refractivity contribution in [1.82, 2.24) is 0 Å². The Balaban J connectivity index is 1.76. The van der Waals surface area contributed by atoms with Crippen LogP contribution >= 0.6 is 15.9 Å². The van der Waals surface area contributed by atoms with E-state index in [-0.39, 0.29) is 18.2 Å². The lowest BCUT2D eigenvalue weighted by Crippen LogP contribution is -2.28. The average molecular weight is 417 g/mol. The van der Waals surface area contributed by atoms with Gasteiger partial charge in [-0.05, 0) is 49.2 Å². The second-order valence-electron chi connectivity index (χ2n) is 6.48. The van der Waals surface area contributed by atoms with Crippen molar-refractivity contribution in [3.8, 4) is 5.75 Å². The van der Waals surface area contributed by atoms with E-state index in [1.807, 2.05) is 50.2 Å². The lowest BCUT2D eigenvalue weighted by atomic mass is 10.1. The number of nitrogens with zero attached hydrogens (tertiary/aromatic N) is 1. The zero-order valence-corrected chi connectivity index (χ0v) is 16.6. The summed E-state index contributed by atoms with van der Waals surface area (Å²) >= 11 is 3.49. The van der Waals surface area contributed by atoms with E-state index in [1.165, 1.54) is 0 Å². The van der Waals surface area contributed by atoms with Crippen LogP contribution in [0.1, 0.15) is 17.5 Å². The van der Waals surface area contributed by atoms with Crippen LogP contribution < -0.4 is 15.0 Å². The molecule has 2 aromatic rings. The van der Waals surface area contributed by atoms with Crippen LogP contribution in [0.4, 0.5) is 11.4 Å². The van der Waals surface area contributed by atoms with E-state index in [1.54, 1.807) is 12.0 Å². The van der Waals surface area contributed by atoms with Crippen molar-refractivity contribution in [2.24, 2.45) is 5.92 Å². The van der Waals surface area contributed by atoms with Gasteiger partial charge < -0.3 is 15.0 Å². The van der Waals surface area contributed by atoms with Gasteiger partial charge in [-0.25, -0.2) is 0 Å². The molecule has 2 amide bonds. The van der Waals surface area contributed by atoms with Crippen molar-refractivity contribution in [2.45, 2.75) is 20.3 Å². The molecule has 1 fully saturated rings. The number of ether oxygens (including phenoxy) is 1. The zero-order chi connectivity index (χ0) is 18.8. The van der Waals surface area contributed by atoms with Gasteiger partial charge in [-0.3, -0.25) is 9.59 Å². The lowest BCUT2D eigenvalue weighted by molar-refractivity contribution is -0.122. The summed E-state index contributed by atoms with van der Waals surface area (Å²) in [5.74, 6) is 0.0241. The van der Waals surface area contributed by atoms with Crippen molar-refractivity contribution >= 4 is 39.1 Å². The van der Waals surface area contributed by atoms with Crippen LogP contribution in [-0.4, -0.2) is 25.5 Å². The Morgan fingerprint density at radius 3 is 2.69 bits per heavy atom. The first-order valence-electron chi connectivity index (χ1n) is 8.41. The number of halogens is 1. The second kappa shape index (κ2) is 7.50. The number of hydrogen-bond donors (Lipinski definition) is 1. The van der Waals surface area contributed by atoms with Crippen LogP contribution in [-0.2, 0) is 9.59 Å². The highest BCUT2D eigenvalue weighted by Gasteiger charge is 2.36. The van der Waals surface area contributed by atoms with E-state index in [0.717, 1.165) is 21.3 Å².